The molecule has 0 fully saturated rings. The van der Waals surface area contributed by atoms with E-state index < -0.39 is 0 Å². The summed E-state index contributed by atoms with van der Waals surface area (Å²) in [4.78, 5) is 21.3. The predicted molar refractivity (Wildman–Crippen MR) is 109 cm³/mol. The highest BCUT2D eigenvalue weighted by molar-refractivity contribution is 6.05. The molecule has 1 aromatic carbocycles. The van der Waals surface area contributed by atoms with Crippen LogP contribution in [-0.2, 0) is 19.4 Å². The van der Waals surface area contributed by atoms with Crippen molar-refractivity contribution in [3.05, 3.63) is 83.3 Å². The number of nitrogens with zero attached hydrogens (tertiary/aromatic N) is 2. The molecule has 0 aliphatic carbocycles. The fourth-order valence-corrected chi connectivity index (χ4v) is 2.91. The fraction of sp³-hybridized carbons (Fsp3) is 0.227. The van der Waals surface area contributed by atoms with Gasteiger partial charge in [0.05, 0.1) is 17.8 Å². The second-order valence-electron chi connectivity index (χ2n) is 6.22. The standard InChI is InChI=1S/C22H24N4O/c1-3-16-8-7-9-17(4-2)21(16)26-22(27)18-11-12-20(24-14-18)25-15-19-10-5-6-13-23-19/h5-14H,3-4,15H2,1-2H3,(H,24,25)(H,26,27). The number of nitrogens with one attached hydrogen (secondary N) is 2. The summed E-state index contributed by atoms with van der Waals surface area (Å²) in [5.41, 5.74) is 4.68. The van der Waals surface area contributed by atoms with Crippen molar-refractivity contribution in [2.45, 2.75) is 33.2 Å². The van der Waals surface area contributed by atoms with Crippen LogP contribution in [0, 0.1) is 0 Å². The van der Waals surface area contributed by atoms with E-state index >= 15 is 0 Å². The van der Waals surface area contributed by atoms with Gasteiger partial charge in [-0.25, -0.2) is 4.98 Å². The smallest absolute Gasteiger partial charge is 0.257 e. The molecule has 2 heterocycles. The van der Waals surface area contributed by atoms with Crippen LogP contribution < -0.4 is 10.6 Å². The van der Waals surface area contributed by atoms with Gasteiger partial charge < -0.3 is 10.6 Å². The summed E-state index contributed by atoms with van der Waals surface area (Å²) in [6.45, 7) is 4.77. The highest BCUT2D eigenvalue weighted by Crippen LogP contribution is 2.23. The maximum absolute atomic E-state index is 12.7. The van der Waals surface area contributed by atoms with Crippen molar-refractivity contribution in [3.8, 4) is 0 Å². The molecular formula is C22H24N4O. The number of anilines is 2. The molecule has 0 spiro atoms. The van der Waals surface area contributed by atoms with Crippen LogP contribution >= 0.6 is 0 Å². The number of para-hydroxylation sites is 1. The Balaban J connectivity index is 1.68. The number of carbonyl (C=O) groups is 1. The third-order valence-electron chi connectivity index (χ3n) is 4.44. The number of hydrogen-bond donors (Lipinski definition) is 2. The van der Waals surface area contributed by atoms with Gasteiger partial charge in [0.15, 0.2) is 0 Å². The van der Waals surface area contributed by atoms with Crippen molar-refractivity contribution in [2.24, 2.45) is 0 Å². The summed E-state index contributed by atoms with van der Waals surface area (Å²) in [6.07, 6.45) is 5.10. The van der Waals surface area contributed by atoms with Crippen LogP contribution in [0.1, 0.15) is 41.0 Å². The molecule has 0 saturated carbocycles. The first-order valence-electron chi connectivity index (χ1n) is 9.23. The van der Waals surface area contributed by atoms with E-state index in [0.717, 1.165) is 35.3 Å². The molecule has 0 bridgehead atoms. The van der Waals surface area contributed by atoms with Gasteiger partial charge in [0.1, 0.15) is 5.82 Å². The first-order chi connectivity index (χ1) is 13.2. The SMILES string of the molecule is CCc1cccc(CC)c1NC(=O)c1ccc(NCc2ccccn2)nc1. The van der Waals surface area contributed by atoms with Crippen molar-refractivity contribution in [1.82, 2.24) is 9.97 Å². The van der Waals surface area contributed by atoms with Crippen LogP contribution in [0.2, 0.25) is 0 Å². The number of amides is 1. The van der Waals surface area contributed by atoms with Gasteiger partial charge in [0, 0.05) is 18.1 Å². The molecule has 0 aliphatic heterocycles. The predicted octanol–water partition coefficient (Wildman–Crippen LogP) is 4.47. The minimum absolute atomic E-state index is 0.144. The van der Waals surface area contributed by atoms with Crippen LogP contribution in [0.3, 0.4) is 0 Å². The Hall–Kier alpha value is -3.21. The zero-order valence-electron chi connectivity index (χ0n) is 15.7. The van der Waals surface area contributed by atoms with Gasteiger partial charge in [-0.1, -0.05) is 38.1 Å². The van der Waals surface area contributed by atoms with Gasteiger partial charge >= 0.3 is 0 Å². The van der Waals surface area contributed by atoms with Crippen LogP contribution in [-0.4, -0.2) is 15.9 Å². The minimum atomic E-state index is -0.144. The van der Waals surface area contributed by atoms with E-state index in [1.807, 2.05) is 30.3 Å². The molecule has 1 amide bonds. The molecule has 5 nitrogen and oxygen atoms in total. The van der Waals surface area contributed by atoms with E-state index in [9.17, 15) is 4.79 Å². The molecule has 0 aliphatic rings. The molecular weight excluding hydrogens is 336 g/mol. The summed E-state index contributed by atoms with van der Waals surface area (Å²) in [5, 5.41) is 6.27. The van der Waals surface area contributed by atoms with Gasteiger partial charge in [-0.2, -0.15) is 0 Å². The average molecular weight is 360 g/mol. The number of aryl methyl sites for hydroxylation is 2. The number of aromatic nitrogens is 2. The molecule has 138 valence electrons. The molecule has 27 heavy (non-hydrogen) atoms. The summed E-state index contributed by atoms with van der Waals surface area (Å²) >= 11 is 0. The minimum Gasteiger partial charge on any atom is -0.364 e. The monoisotopic (exact) mass is 360 g/mol. The fourth-order valence-electron chi connectivity index (χ4n) is 2.91. The van der Waals surface area contributed by atoms with E-state index in [2.05, 4.69) is 46.6 Å². The lowest BCUT2D eigenvalue weighted by Gasteiger charge is -2.14. The Labute approximate surface area is 159 Å². The highest BCUT2D eigenvalue weighted by Gasteiger charge is 2.12. The second-order valence-corrected chi connectivity index (χ2v) is 6.22. The van der Waals surface area contributed by atoms with Crippen molar-refractivity contribution in [3.63, 3.8) is 0 Å². The quantitative estimate of drug-likeness (QED) is 0.652. The van der Waals surface area contributed by atoms with Crippen molar-refractivity contribution in [1.29, 1.82) is 0 Å². The normalized spacial score (nSPS) is 10.4. The third-order valence-corrected chi connectivity index (χ3v) is 4.44. The Morgan fingerprint density at radius 2 is 1.70 bits per heavy atom. The molecule has 3 rings (SSSR count). The van der Waals surface area contributed by atoms with Crippen molar-refractivity contribution in [2.75, 3.05) is 10.6 Å². The molecule has 0 unspecified atom stereocenters. The van der Waals surface area contributed by atoms with E-state index in [4.69, 9.17) is 0 Å². The van der Waals surface area contributed by atoms with Crippen LogP contribution in [0.25, 0.3) is 0 Å². The number of benzene rings is 1. The maximum Gasteiger partial charge on any atom is 0.257 e. The largest absolute Gasteiger partial charge is 0.364 e. The Morgan fingerprint density at radius 3 is 2.30 bits per heavy atom. The van der Waals surface area contributed by atoms with Crippen LogP contribution in [0.15, 0.2) is 60.9 Å². The topological polar surface area (TPSA) is 66.9 Å². The lowest BCUT2D eigenvalue weighted by atomic mass is 10.0. The van der Waals surface area contributed by atoms with Gasteiger partial charge in [-0.3, -0.25) is 9.78 Å². The summed E-state index contributed by atoms with van der Waals surface area (Å²) in [7, 11) is 0. The lowest BCUT2D eigenvalue weighted by molar-refractivity contribution is 0.102. The van der Waals surface area contributed by atoms with Gasteiger partial charge in [0.25, 0.3) is 5.91 Å². The molecule has 2 aromatic heterocycles. The van der Waals surface area contributed by atoms with Gasteiger partial charge in [0.2, 0.25) is 0 Å². The molecule has 0 radical (unpaired) electrons. The van der Waals surface area contributed by atoms with Crippen molar-refractivity contribution >= 4 is 17.4 Å². The Bertz CT molecular complexity index is 870. The van der Waals surface area contributed by atoms with Gasteiger partial charge in [-0.15, -0.1) is 0 Å². The third kappa shape index (κ3) is 4.70. The molecule has 3 aromatic rings. The first kappa shape index (κ1) is 18.6. The molecule has 0 saturated heterocycles. The zero-order chi connectivity index (χ0) is 19.1. The first-order valence-corrected chi connectivity index (χ1v) is 9.23. The summed E-state index contributed by atoms with van der Waals surface area (Å²) in [6, 6.07) is 15.5. The Morgan fingerprint density at radius 1 is 0.926 bits per heavy atom. The molecule has 2 N–H and O–H groups in total. The van der Waals surface area contributed by atoms with Crippen LogP contribution in [0.4, 0.5) is 11.5 Å². The van der Waals surface area contributed by atoms with E-state index in [0.29, 0.717) is 17.9 Å². The number of pyridine rings is 2. The summed E-state index contributed by atoms with van der Waals surface area (Å²) < 4.78 is 0. The molecule has 5 heteroatoms. The summed E-state index contributed by atoms with van der Waals surface area (Å²) in [5.74, 6) is 0.565. The highest BCUT2D eigenvalue weighted by atomic mass is 16.1. The van der Waals surface area contributed by atoms with E-state index in [-0.39, 0.29) is 5.91 Å². The van der Waals surface area contributed by atoms with Gasteiger partial charge in [-0.05, 0) is 48.2 Å². The number of carbonyl (C=O) groups excluding carboxylic acids is 1. The average Bonchev–Trinajstić information content (AvgIpc) is 2.73. The van der Waals surface area contributed by atoms with Crippen molar-refractivity contribution < 1.29 is 4.79 Å². The number of hydrogen-bond acceptors (Lipinski definition) is 4. The van der Waals surface area contributed by atoms with Crippen LogP contribution in [0.5, 0.6) is 0 Å². The maximum atomic E-state index is 12.7. The second kappa shape index (κ2) is 8.94. The van der Waals surface area contributed by atoms with E-state index in [1.54, 1.807) is 18.5 Å². The Kier molecular flexibility index (Phi) is 6.15. The molecule has 0 atom stereocenters. The lowest BCUT2D eigenvalue weighted by Crippen LogP contribution is -2.15. The number of rotatable bonds is 7. The zero-order valence-corrected chi connectivity index (χ0v) is 15.7. The van der Waals surface area contributed by atoms with E-state index in [1.165, 1.54) is 0 Å².